The standard InChI is InChI=1S/C12H18N2S/c1-3-5-6-7-11(14-8-4-2)12-9-13-10-15-12/h1,9-11,14H,4-8H2,2H3. The molecule has 2 nitrogen and oxygen atoms in total. The van der Waals surface area contributed by atoms with Gasteiger partial charge in [0.1, 0.15) is 0 Å². The largest absolute Gasteiger partial charge is 0.309 e. The molecule has 1 atom stereocenters. The summed E-state index contributed by atoms with van der Waals surface area (Å²) in [6.07, 6.45) is 11.4. The summed E-state index contributed by atoms with van der Waals surface area (Å²) in [4.78, 5) is 5.44. The zero-order valence-corrected chi connectivity index (χ0v) is 10.0. The summed E-state index contributed by atoms with van der Waals surface area (Å²) >= 11 is 1.71. The average molecular weight is 222 g/mol. The molecule has 1 unspecified atom stereocenters. The van der Waals surface area contributed by atoms with Gasteiger partial charge in [-0.1, -0.05) is 6.92 Å². The lowest BCUT2D eigenvalue weighted by atomic mass is 10.1. The van der Waals surface area contributed by atoms with Crippen molar-refractivity contribution in [1.29, 1.82) is 0 Å². The Bertz CT molecular complexity index is 287. The number of thiazole rings is 1. The van der Waals surface area contributed by atoms with Gasteiger partial charge in [-0.05, 0) is 25.8 Å². The fourth-order valence-electron chi connectivity index (χ4n) is 1.47. The first-order chi connectivity index (χ1) is 7.38. The Labute approximate surface area is 96.1 Å². The summed E-state index contributed by atoms with van der Waals surface area (Å²) in [7, 11) is 0. The molecule has 15 heavy (non-hydrogen) atoms. The van der Waals surface area contributed by atoms with Gasteiger partial charge in [0.05, 0.1) is 5.51 Å². The van der Waals surface area contributed by atoms with Crippen molar-refractivity contribution < 1.29 is 0 Å². The fraction of sp³-hybridized carbons (Fsp3) is 0.583. The third kappa shape index (κ3) is 4.46. The lowest BCUT2D eigenvalue weighted by Crippen LogP contribution is -2.21. The van der Waals surface area contributed by atoms with Crippen LogP contribution in [0.4, 0.5) is 0 Å². The Morgan fingerprint density at radius 2 is 2.53 bits per heavy atom. The van der Waals surface area contributed by atoms with Crippen LogP contribution in [0.3, 0.4) is 0 Å². The Balaban J connectivity index is 2.43. The molecule has 1 heterocycles. The van der Waals surface area contributed by atoms with E-state index in [0.717, 1.165) is 32.2 Å². The van der Waals surface area contributed by atoms with Gasteiger partial charge in [-0.15, -0.1) is 23.7 Å². The molecule has 82 valence electrons. The third-order valence-corrected chi connectivity index (χ3v) is 3.14. The molecule has 1 aromatic rings. The number of unbranched alkanes of at least 4 members (excludes halogenated alkanes) is 1. The highest BCUT2D eigenvalue weighted by Gasteiger charge is 2.11. The lowest BCUT2D eigenvalue weighted by molar-refractivity contribution is 0.493. The monoisotopic (exact) mass is 222 g/mol. The highest BCUT2D eigenvalue weighted by Crippen LogP contribution is 2.22. The number of terminal acetylenes is 1. The van der Waals surface area contributed by atoms with E-state index in [1.54, 1.807) is 11.3 Å². The van der Waals surface area contributed by atoms with Gasteiger partial charge in [0, 0.05) is 23.5 Å². The maximum Gasteiger partial charge on any atom is 0.0794 e. The lowest BCUT2D eigenvalue weighted by Gasteiger charge is -2.15. The maximum atomic E-state index is 5.25. The average Bonchev–Trinajstić information content (AvgIpc) is 2.76. The van der Waals surface area contributed by atoms with Crippen molar-refractivity contribution in [3.8, 4) is 12.3 Å². The van der Waals surface area contributed by atoms with Crippen molar-refractivity contribution in [3.05, 3.63) is 16.6 Å². The SMILES string of the molecule is C#CCCCC(NCCC)c1cncs1. The molecule has 0 amide bonds. The van der Waals surface area contributed by atoms with Crippen LogP contribution in [0.1, 0.15) is 43.5 Å². The van der Waals surface area contributed by atoms with Crippen LogP contribution in [-0.4, -0.2) is 11.5 Å². The molecule has 1 rings (SSSR count). The van der Waals surface area contributed by atoms with Gasteiger partial charge < -0.3 is 5.32 Å². The second-order valence-electron chi connectivity index (χ2n) is 3.51. The van der Waals surface area contributed by atoms with Crippen molar-refractivity contribution in [2.45, 2.75) is 38.6 Å². The van der Waals surface area contributed by atoms with Crippen LogP contribution in [0.2, 0.25) is 0 Å². The van der Waals surface area contributed by atoms with E-state index in [4.69, 9.17) is 6.42 Å². The van der Waals surface area contributed by atoms with E-state index in [1.807, 2.05) is 11.7 Å². The highest BCUT2D eigenvalue weighted by atomic mass is 32.1. The molecule has 0 aromatic carbocycles. The smallest absolute Gasteiger partial charge is 0.0794 e. The first-order valence-corrected chi connectivity index (χ1v) is 6.31. The van der Waals surface area contributed by atoms with E-state index in [-0.39, 0.29) is 0 Å². The topological polar surface area (TPSA) is 24.9 Å². The molecule has 0 aliphatic heterocycles. The Kier molecular flexibility index (Phi) is 6.06. The quantitative estimate of drug-likeness (QED) is 0.566. The summed E-state index contributed by atoms with van der Waals surface area (Å²) in [5.41, 5.74) is 1.89. The van der Waals surface area contributed by atoms with Crippen LogP contribution in [0.5, 0.6) is 0 Å². The van der Waals surface area contributed by atoms with Gasteiger partial charge >= 0.3 is 0 Å². The second-order valence-corrected chi connectivity index (χ2v) is 4.42. The summed E-state index contributed by atoms with van der Waals surface area (Å²) in [6.45, 7) is 3.23. The molecule has 0 radical (unpaired) electrons. The third-order valence-electron chi connectivity index (χ3n) is 2.25. The molecule has 0 spiro atoms. The number of rotatable bonds is 7. The fourth-order valence-corrected chi connectivity index (χ4v) is 2.20. The van der Waals surface area contributed by atoms with Gasteiger partial charge in [0.25, 0.3) is 0 Å². The molecular formula is C12H18N2S. The summed E-state index contributed by atoms with van der Waals surface area (Å²) in [6, 6.07) is 0.436. The predicted octanol–water partition coefficient (Wildman–Crippen LogP) is 2.99. The molecular weight excluding hydrogens is 204 g/mol. The van der Waals surface area contributed by atoms with E-state index in [2.05, 4.69) is 23.1 Å². The summed E-state index contributed by atoms with van der Waals surface area (Å²) in [5, 5.41) is 3.53. The second kappa shape index (κ2) is 7.44. The van der Waals surface area contributed by atoms with Crippen molar-refractivity contribution in [2.24, 2.45) is 0 Å². The maximum absolute atomic E-state index is 5.25. The van der Waals surface area contributed by atoms with Crippen LogP contribution in [0, 0.1) is 12.3 Å². The first-order valence-electron chi connectivity index (χ1n) is 5.43. The van der Waals surface area contributed by atoms with Crippen molar-refractivity contribution in [1.82, 2.24) is 10.3 Å². The van der Waals surface area contributed by atoms with E-state index in [0.29, 0.717) is 6.04 Å². The zero-order chi connectivity index (χ0) is 10.9. The molecule has 0 aliphatic rings. The molecule has 1 aromatic heterocycles. The molecule has 0 saturated heterocycles. The van der Waals surface area contributed by atoms with Gasteiger partial charge in [-0.2, -0.15) is 0 Å². The van der Waals surface area contributed by atoms with E-state index < -0.39 is 0 Å². The van der Waals surface area contributed by atoms with Gasteiger partial charge in [-0.25, -0.2) is 0 Å². The highest BCUT2D eigenvalue weighted by molar-refractivity contribution is 7.09. The van der Waals surface area contributed by atoms with E-state index in [1.165, 1.54) is 4.88 Å². The number of nitrogens with one attached hydrogen (secondary N) is 1. The first kappa shape index (κ1) is 12.2. The molecule has 1 N–H and O–H groups in total. The predicted molar refractivity (Wildman–Crippen MR) is 65.8 cm³/mol. The van der Waals surface area contributed by atoms with Crippen LogP contribution < -0.4 is 5.32 Å². The number of hydrogen-bond acceptors (Lipinski definition) is 3. The van der Waals surface area contributed by atoms with Crippen LogP contribution in [-0.2, 0) is 0 Å². The van der Waals surface area contributed by atoms with Gasteiger partial charge in [0.15, 0.2) is 0 Å². The van der Waals surface area contributed by atoms with E-state index >= 15 is 0 Å². The molecule has 0 saturated carbocycles. The Hall–Kier alpha value is -0.850. The van der Waals surface area contributed by atoms with E-state index in [9.17, 15) is 0 Å². The molecule has 0 fully saturated rings. The number of nitrogens with zero attached hydrogens (tertiary/aromatic N) is 1. The number of hydrogen-bond donors (Lipinski definition) is 1. The normalized spacial score (nSPS) is 12.3. The minimum atomic E-state index is 0.436. The van der Waals surface area contributed by atoms with Crippen molar-refractivity contribution >= 4 is 11.3 Å². The van der Waals surface area contributed by atoms with Crippen LogP contribution in [0.25, 0.3) is 0 Å². The minimum absolute atomic E-state index is 0.436. The minimum Gasteiger partial charge on any atom is -0.309 e. The zero-order valence-electron chi connectivity index (χ0n) is 9.20. The number of aromatic nitrogens is 1. The summed E-state index contributed by atoms with van der Waals surface area (Å²) in [5.74, 6) is 2.68. The Morgan fingerprint density at radius 1 is 1.67 bits per heavy atom. The molecule has 0 aliphatic carbocycles. The molecule has 3 heteroatoms. The van der Waals surface area contributed by atoms with Crippen molar-refractivity contribution in [3.63, 3.8) is 0 Å². The summed E-state index contributed by atoms with van der Waals surface area (Å²) < 4.78 is 0. The molecule has 0 bridgehead atoms. The Morgan fingerprint density at radius 3 is 3.13 bits per heavy atom. The van der Waals surface area contributed by atoms with Gasteiger partial charge in [-0.3, -0.25) is 4.98 Å². The van der Waals surface area contributed by atoms with Gasteiger partial charge in [0.2, 0.25) is 0 Å². The van der Waals surface area contributed by atoms with Crippen LogP contribution >= 0.6 is 11.3 Å². The van der Waals surface area contributed by atoms with Crippen molar-refractivity contribution in [2.75, 3.05) is 6.54 Å². The van der Waals surface area contributed by atoms with Crippen LogP contribution in [0.15, 0.2) is 11.7 Å².